The van der Waals surface area contributed by atoms with Crippen LogP contribution in [0, 0.1) is 0 Å². The van der Waals surface area contributed by atoms with Crippen molar-refractivity contribution in [3.63, 3.8) is 0 Å². The van der Waals surface area contributed by atoms with Crippen molar-refractivity contribution in [3.05, 3.63) is 24.7 Å². The number of hydrogen-bond donors (Lipinski definition) is 0. The Morgan fingerprint density at radius 2 is 1.26 bits per heavy atom. The van der Waals surface area contributed by atoms with Gasteiger partial charge in [0.25, 0.3) is 0 Å². The van der Waals surface area contributed by atoms with Crippen LogP contribution in [0.5, 0.6) is 0 Å². The Balaban J connectivity index is 3.56. The number of ether oxygens (including phenoxy) is 3. The third-order valence-electron chi connectivity index (χ3n) is 1.94. The van der Waals surface area contributed by atoms with Crippen molar-refractivity contribution < 1.29 is 23.8 Å². The molecule has 0 rings (SSSR count). The van der Waals surface area contributed by atoms with Gasteiger partial charge >= 0.3 is 0 Å². The summed E-state index contributed by atoms with van der Waals surface area (Å²) < 4.78 is 14.9. The molecule has 108 valence electrons. The average Bonchev–Trinajstić information content (AvgIpc) is 2.40. The second-order valence-electron chi connectivity index (χ2n) is 3.63. The second-order valence-corrected chi connectivity index (χ2v) is 3.63. The van der Waals surface area contributed by atoms with E-state index >= 15 is 0 Å². The van der Waals surface area contributed by atoms with E-state index in [1.54, 1.807) is 12.2 Å². The van der Waals surface area contributed by atoms with Gasteiger partial charge in [0.2, 0.25) is 0 Å². The highest BCUT2D eigenvalue weighted by Crippen LogP contribution is 1.92. The SMILES string of the molecule is CCO/C=C/CC(=O)COCC(=O)C/C=C/OCC. The van der Waals surface area contributed by atoms with Crippen LogP contribution < -0.4 is 0 Å². The fourth-order valence-electron chi connectivity index (χ4n) is 1.08. The van der Waals surface area contributed by atoms with Gasteiger partial charge in [0.1, 0.15) is 13.2 Å². The number of ketones is 2. The van der Waals surface area contributed by atoms with E-state index in [1.807, 2.05) is 13.8 Å². The summed E-state index contributed by atoms with van der Waals surface area (Å²) >= 11 is 0. The smallest absolute Gasteiger partial charge is 0.162 e. The molecular formula is C14H22O5. The number of carbonyl (C=O) groups is 2. The van der Waals surface area contributed by atoms with E-state index in [4.69, 9.17) is 14.2 Å². The lowest BCUT2D eigenvalue weighted by Crippen LogP contribution is -2.13. The third-order valence-corrected chi connectivity index (χ3v) is 1.94. The van der Waals surface area contributed by atoms with Gasteiger partial charge in [-0.3, -0.25) is 9.59 Å². The zero-order chi connectivity index (χ0) is 14.3. The van der Waals surface area contributed by atoms with E-state index in [-0.39, 0.29) is 37.6 Å². The molecule has 19 heavy (non-hydrogen) atoms. The molecule has 0 aromatic rings. The van der Waals surface area contributed by atoms with E-state index in [0.29, 0.717) is 13.2 Å². The highest BCUT2D eigenvalue weighted by molar-refractivity contribution is 5.83. The first-order chi connectivity index (χ1) is 9.20. The van der Waals surface area contributed by atoms with Crippen molar-refractivity contribution >= 4 is 11.6 Å². The van der Waals surface area contributed by atoms with E-state index in [2.05, 4.69) is 0 Å². The molecule has 0 radical (unpaired) electrons. The Bertz CT molecular complexity index is 277. The molecule has 0 bridgehead atoms. The molecule has 0 atom stereocenters. The summed E-state index contributed by atoms with van der Waals surface area (Å²) in [5.41, 5.74) is 0. The van der Waals surface area contributed by atoms with Crippen molar-refractivity contribution in [2.24, 2.45) is 0 Å². The third kappa shape index (κ3) is 12.6. The van der Waals surface area contributed by atoms with Gasteiger partial charge in [0.15, 0.2) is 11.6 Å². The first-order valence-corrected chi connectivity index (χ1v) is 6.35. The Kier molecular flexibility index (Phi) is 11.7. The predicted octanol–water partition coefficient (Wildman–Crippen LogP) is 2.02. The molecule has 0 heterocycles. The number of Topliss-reactive ketones (excluding diaryl/α,β-unsaturated/α-hetero) is 2. The average molecular weight is 270 g/mol. The molecule has 0 aromatic heterocycles. The summed E-state index contributed by atoms with van der Waals surface area (Å²) in [5.74, 6) is -0.178. The van der Waals surface area contributed by atoms with Crippen LogP contribution in [-0.4, -0.2) is 38.0 Å². The number of carbonyl (C=O) groups excluding carboxylic acids is 2. The lowest BCUT2D eigenvalue weighted by Gasteiger charge is -2.00. The van der Waals surface area contributed by atoms with E-state index in [9.17, 15) is 9.59 Å². The summed E-state index contributed by atoms with van der Waals surface area (Å²) in [6, 6.07) is 0. The Morgan fingerprint density at radius 3 is 1.63 bits per heavy atom. The second kappa shape index (κ2) is 12.8. The summed E-state index contributed by atoms with van der Waals surface area (Å²) in [4.78, 5) is 22.6. The van der Waals surface area contributed by atoms with Gasteiger partial charge in [-0.25, -0.2) is 0 Å². The summed E-state index contributed by atoms with van der Waals surface area (Å²) in [5, 5.41) is 0. The Labute approximate surface area is 114 Å². The van der Waals surface area contributed by atoms with Crippen LogP contribution in [0.15, 0.2) is 24.7 Å². The minimum atomic E-state index is -0.0892. The zero-order valence-corrected chi connectivity index (χ0v) is 11.6. The predicted molar refractivity (Wildman–Crippen MR) is 71.6 cm³/mol. The quantitative estimate of drug-likeness (QED) is 0.508. The van der Waals surface area contributed by atoms with Gasteiger partial charge in [-0.2, -0.15) is 0 Å². The monoisotopic (exact) mass is 270 g/mol. The number of allylic oxidation sites excluding steroid dienone is 2. The molecule has 0 spiro atoms. The highest BCUT2D eigenvalue weighted by Gasteiger charge is 2.03. The molecular weight excluding hydrogens is 248 g/mol. The van der Waals surface area contributed by atoms with Gasteiger partial charge in [-0.15, -0.1) is 0 Å². The Morgan fingerprint density at radius 1 is 0.842 bits per heavy atom. The maximum atomic E-state index is 11.3. The molecule has 0 aromatic carbocycles. The zero-order valence-electron chi connectivity index (χ0n) is 11.6. The molecule has 0 aliphatic carbocycles. The lowest BCUT2D eigenvalue weighted by molar-refractivity contribution is -0.127. The topological polar surface area (TPSA) is 61.8 Å². The molecule has 0 unspecified atom stereocenters. The van der Waals surface area contributed by atoms with Crippen molar-refractivity contribution in [1.29, 1.82) is 0 Å². The van der Waals surface area contributed by atoms with Crippen LogP contribution in [0.2, 0.25) is 0 Å². The lowest BCUT2D eigenvalue weighted by atomic mass is 10.3. The van der Waals surface area contributed by atoms with E-state index in [1.165, 1.54) is 12.5 Å². The number of rotatable bonds is 12. The summed E-state index contributed by atoms with van der Waals surface area (Å²) in [6.07, 6.45) is 6.73. The summed E-state index contributed by atoms with van der Waals surface area (Å²) in [6.45, 7) is 4.76. The van der Waals surface area contributed by atoms with Crippen molar-refractivity contribution in [2.75, 3.05) is 26.4 Å². The summed E-state index contributed by atoms with van der Waals surface area (Å²) in [7, 11) is 0. The van der Waals surface area contributed by atoms with Crippen LogP contribution in [0.1, 0.15) is 26.7 Å². The standard InChI is InChI=1S/C14H22O5/c1-3-17-9-5-7-13(15)11-19-12-14(16)8-6-10-18-4-2/h5-6,9-10H,3-4,7-8,11-12H2,1-2H3/b9-5+,10-6+. The molecule has 0 saturated heterocycles. The Hall–Kier alpha value is -1.62. The molecule has 5 heteroatoms. The minimum Gasteiger partial charge on any atom is -0.502 e. The van der Waals surface area contributed by atoms with E-state index in [0.717, 1.165) is 0 Å². The maximum Gasteiger partial charge on any atom is 0.162 e. The van der Waals surface area contributed by atoms with Gasteiger partial charge in [-0.05, 0) is 26.0 Å². The highest BCUT2D eigenvalue weighted by atomic mass is 16.5. The normalized spacial score (nSPS) is 11.1. The van der Waals surface area contributed by atoms with Crippen LogP contribution in [0.25, 0.3) is 0 Å². The molecule has 0 N–H and O–H groups in total. The molecule has 0 fully saturated rings. The van der Waals surface area contributed by atoms with Crippen LogP contribution >= 0.6 is 0 Å². The van der Waals surface area contributed by atoms with Crippen LogP contribution in [-0.2, 0) is 23.8 Å². The van der Waals surface area contributed by atoms with Crippen molar-refractivity contribution in [1.82, 2.24) is 0 Å². The number of hydrogen-bond acceptors (Lipinski definition) is 5. The van der Waals surface area contributed by atoms with Crippen LogP contribution in [0.3, 0.4) is 0 Å². The molecule has 5 nitrogen and oxygen atoms in total. The maximum absolute atomic E-state index is 11.3. The minimum absolute atomic E-state index is 0.0582. The van der Waals surface area contributed by atoms with E-state index < -0.39 is 0 Å². The van der Waals surface area contributed by atoms with Crippen molar-refractivity contribution in [2.45, 2.75) is 26.7 Å². The van der Waals surface area contributed by atoms with Gasteiger partial charge < -0.3 is 14.2 Å². The fraction of sp³-hybridized carbons (Fsp3) is 0.571. The molecule has 0 aliphatic heterocycles. The molecule has 0 amide bonds. The van der Waals surface area contributed by atoms with Gasteiger partial charge in [-0.1, -0.05) is 0 Å². The van der Waals surface area contributed by atoms with Crippen LogP contribution in [0.4, 0.5) is 0 Å². The van der Waals surface area contributed by atoms with Crippen molar-refractivity contribution in [3.8, 4) is 0 Å². The first kappa shape index (κ1) is 17.4. The molecule has 0 aliphatic rings. The van der Waals surface area contributed by atoms with Gasteiger partial charge in [0, 0.05) is 12.8 Å². The molecule has 0 saturated carbocycles. The van der Waals surface area contributed by atoms with Gasteiger partial charge in [0.05, 0.1) is 25.7 Å². The largest absolute Gasteiger partial charge is 0.502 e. The first-order valence-electron chi connectivity index (χ1n) is 6.35. The fourth-order valence-corrected chi connectivity index (χ4v) is 1.08.